The Morgan fingerprint density at radius 1 is 1.09 bits per heavy atom. The van der Waals surface area contributed by atoms with Crippen LogP contribution in [0.15, 0.2) is 46.9 Å². The second-order valence-electron chi connectivity index (χ2n) is 5.99. The number of phenols is 1. The minimum atomic E-state index is -0.266. The minimum Gasteiger partial charge on any atom is -0.508 e. The van der Waals surface area contributed by atoms with Crippen molar-refractivity contribution in [2.45, 2.75) is 24.8 Å². The normalized spacial score (nSPS) is 23.3. The molecule has 2 aliphatic rings. The molecule has 2 aliphatic heterocycles. The third-order valence-corrected chi connectivity index (χ3v) is 5.26. The first kappa shape index (κ1) is 13.8. The summed E-state index contributed by atoms with van der Waals surface area (Å²) in [6, 6.07) is 13.5. The number of halogens is 1. The summed E-state index contributed by atoms with van der Waals surface area (Å²) >= 11 is 3.44. The third kappa shape index (κ3) is 2.05. The van der Waals surface area contributed by atoms with E-state index >= 15 is 0 Å². The molecule has 2 heterocycles. The summed E-state index contributed by atoms with van der Waals surface area (Å²) in [5.41, 5.74) is 3.14. The summed E-state index contributed by atoms with van der Waals surface area (Å²) in [6.45, 7) is 0.811. The molecule has 2 atom stereocenters. The van der Waals surface area contributed by atoms with Crippen molar-refractivity contribution in [3.63, 3.8) is 0 Å². The van der Waals surface area contributed by atoms with E-state index in [1.807, 2.05) is 41.3 Å². The zero-order valence-electron chi connectivity index (χ0n) is 12.0. The quantitative estimate of drug-likeness (QED) is 0.838. The van der Waals surface area contributed by atoms with Crippen LogP contribution in [0, 0.1) is 0 Å². The lowest BCUT2D eigenvalue weighted by Gasteiger charge is -2.37. The highest BCUT2D eigenvalue weighted by atomic mass is 79.9. The van der Waals surface area contributed by atoms with Gasteiger partial charge in [0.25, 0.3) is 0 Å². The zero-order valence-corrected chi connectivity index (χ0v) is 13.6. The van der Waals surface area contributed by atoms with E-state index in [4.69, 9.17) is 0 Å². The molecule has 2 aromatic carbocycles. The number of aromatic hydroxyl groups is 1. The molecular formula is C18H16BrNO2. The molecule has 1 amide bonds. The standard InChI is InChI=1S/C18H16BrNO2/c19-12-5-3-11(4-6-12)17-14-8-7-13(21)10-15(14)16-2-1-9-20(16)18(17)22/h3-8,10,16-17,21H,1-2,9H2/t16-,17-/m1/s1. The highest BCUT2D eigenvalue weighted by molar-refractivity contribution is 9.10. The highest BCUT2D eigenvalue weighted by Gasteiger charge is 2.42. The van der Waals surface area contributed by atoms with Crippen molar-refractivity contribution in [1.29, 1.82) is 0 Å². The molecule has 4 rings (SSSR count). The van der Waals surface area contributed by atoms with Crippen LogP contribution in [0.1, 0.15) is 41.5 Å². The van der Waals surface area contributed by atoms with E-state index < -0.39 is 0 Å². The van der Waals surface area contributed by atoms with Crippen molar-refractivity contribution in [2.75, 3.05) is 6.54 Å². The van der Waals surface area contributed by atoms with Gasteiger partial charge in [0.05, 0.1) is 12.0 Å². The maximum Gasteiger partial charge on any atom is 0.235 e. The Bertz CT molecular complexity index is 741. The summed E-state index contributed by atoms with van der Waals surface area (Å²) in [7, 11) is 0. The molecule has 3 nitrogen and oxygen atoms in total. The Morgan fingerprint density at radius 3 is 2.64 bits per heavy atom. The van der Waals surface area contributed by atoms with Crippen molar-refractivity contribution in [1.82, 2.24) is 4.90 Å². The van der Waals surface area contributed by atoms with Crippen LogP contribution in [-0.2, 0) is 4.79 Å². The summed E-state index contributed by atoms with van der Waals surface area (Å²) in [5, 5.41) is 9.86. The summed E-state index contributed by atoms with van der Waals surface area (Å²) in [6.07, 6.45) is 2.01. The molecule has 1 saturated heterocycles. The molecule has 0 saturated carbocycles. The number of benzene rings is 2. The Morgan fingerprint density at radius 2 is 1.86 bits per heavy atom. The van der Waals surface area contributed by atoms with Crippen molar-refractivity contribution in [3.8, 4) is 5.75 Å². The first-order valence-corrected chi connectivity index (χ1v) is 8.33. The Kier molecular flexibility index (Phi) is 3.22. The smallest absolute Gasteiger partial charge is 0.235 e. The van der Waals surface area contributed by atoms with Crippen LogP contribution < -0.4 is 0 Å². The van der Waals surface area contributed by atoms with Crippen LogP contribution in [0.25, 0.3) is 0 Å². The fourth-order valence-electron chi connectivity index (χ4n) is 3.74. The average Bonchev–Trinajstić information content (AvgIpc) is 3.00. The third-order valence-electron chi connectivity index (χ3n) is 4.73. The number of phenolic OH excluding ortho intramolecular Hbond substituents is 1. The maximum absolute atomic E-state index is 13.0. The lowest BCUT2D eigenvalue weighted by molar-refractivity contribution is -0.133. The molecule has 2 aromatic rings. The molecule has 22 heavy (non-hydrogen) atoms. The maximum atomic E-state index is 13.0. The van der Waals surface area contributed by atoms with E-state index in [2.05, 4.69) is 15.9 Å². The fraction of sp³-hybridized carbons (Fsp3) is 0.278. The number of rotatable bonds is 1. The van der Waals surface area contributed by atoms with Gasteiger partial charge in [-0.25, -0.2) is 0 Å². The fourth-order valence-corrected chi connectivity index (χ4v) is 4.01. The highest BCUT2D eigenvalue weighted by Crippen LogP contribution is 2.45. The van der Waals surface area contributed by atoms with E-state index in [0.717, 1.165) is 40.5 Å². The van der Waals surface area contributed by atoms with E-state index in [0.29, 0.717) is 0 Å². The Balaban J connectivity index is 1.89. The average molecular weight is 358 g/mol. The molecule has 112 valence electrons. The molecular weight excluding hydrogens is 342 g/mol. The number of hydrogen-bond acceptors (Lipinski definition) is 2. The summed E-state index contributed by atoms with van der Waals surface area (Å²) in [5.74, 6) is 0.190. The van der Waals surface area contributed by atoms with Gasteiger partial charge in [0.1, 0.15) is 5.75 Å². The Labute approximate surface area is 137 Å². The van der Waals surface area contributed by atoms with E-state index in [9.17, 15) is 9.90 Å². The molecule has 1 fully saturated rings. The monoisotopic (exact) mass is 357 g/mol. The second-order valence-corrected chi connectivity index (χ2v) is 6.90. The molecule has 1 N–H and O–H groups in total. The lowest BCUT2D eigenvalue weighted by atomic mass is 9.81. The topological polar surface area (TPSA) is 40.5 Å². The van der Waals surface area contributed by atoms with Gasteiger partial charge in [-0.15, -0.1) is 0 Å². The van der Waals surface area contributed by atoms with Gasteiger partial charge in [0, 0.05) is 11.0 Å². The molecule has 0 bridgehead atoms. The van der Waals surface area contributed by atoms with Gasteiger partial charge < -0.3 is 10.0 Å². The van der Waals surface area contributed by atoms with Crippen molar-refractivity contribution < 1.29 is 9.90 Å². The van der Waals surface area contributed by atoms with Gasteiger partial charge >= 0.3 is 0 Å². The van der Waals surface area contributed by atoms with Crippen LogP contribution in [0.3, 0.4) is 0 Å². The number of fused-ring (bicyclic) bond motifs is 3. The van der Waals surface area contributed by atoms with Gasteiger partial charge in [-0.2, -0.15) is 0 Å². The predicted octanol–water partition coefficient (Wildman–Crippen LogP) is 3.96. The lowest BCUT2D eigenvalue weighted by Crippen LogP contribution is -2.40. The van der Waals surface area contributed by atoms with Gasteiger partial charge in [0.2, 0.25) is 5.91 Å². The van der Waals surface area contributed by atoms with Crippen LogP contribution in [-0.4, -0.2) is 22.5 Å². The number of hydrogen-bond donors (Lipinski definition) is 1. The van der Waals surface area contributed by atoms with Gasteiger partial charge in [-0.05, 0) is 53.8 Å². The van der Waals surface area contributed by atoms with Crippen LogP contribution >= 0.6 is 15.9 Å². The molecule has 0 unspecified atom stereocenters. The van der Waals surface area contributed by atoms with Gasteiger partial charge in [-0.3, -0.25) is 4.79 Å². The van der Waals surface area contributed by atoms with Crippen LogP contribution in [0.5, 0.6) is 5.75 Å². The zero-order chi connectivity index (χ0) is 15.3. The number of amides is 1. The van der Waals surface area contributed by atoms with Crippen molar-refractivity contribution in [3.05, 3.63) is 63.6 Å². The predicted molar refractivity (Wildman–Crippen MR) is 87.8 cm³/mol. The van der Waals surface area contributed by atoms with Crippen LogP contribution in [0.2, 0.25) is 0 Å². The molecule has 4 heteroatoms. The van der Waals surface area contributed by atoms with Crippen molar-refractivity contribution >= 4 is 21.8 Å². The van der Waals surface area contributed by atoms with E-state index in [-0.39, 0.29) is 23.6 Å². The minimum absolute atomic E-state index is 0.126. The second kappa shape index (κ2) is 5.13. The van der Waals surface area contributed by atoms with Crippen molar-refractivity contribution in [2.24, 2.45) is 0 Å². The molecule has 0 radical (unpaired) electrons. The number of carbonyl (C=O) groups is 1. The number of carbonyl (C=O) groups excluding carboxylic acids is 1. The number of nitrogens with zero attached hydrogens (tertiary/aromatic N) is 1. The van der Waals surface area contributed by atoms with E-state index in [1.165, 1.54) is 0 Å². The molecule has 0 aromatic heterocycles. The van der Waals surface area contributed by atoms with Gasteiger partial charge in [-0.1, -0.05) is 34.1 Å². The van der Waals surface area contributed by atoms with Crippen LogP contribution in [0.4, 0.5) is 0 Å². The first-order chi connectivity index (χ1) is 10.6. The summed E-state index contributed by atoms with van der Waals surface area (Å²) in [4.78, 5) is 15.0. The first-order valence-electron chi connectivity index (χ1n) is 7.54. The largest absolute Gasteiger partial charge is 0.508 e. The molecule has 0 aliphatic carbocycles. The SMILES string of the molecule is O=C1[C@H](c2ccc(Br)cc2)c2ccc(O)cc2[C@H]2CCCN12. The summed E-state index contributed by atoms with van der Waals surface area (Å²) < 4.78 is 1.00. The Hall–Kier alpha value is -1.81. The van der Waals surface area contributed by atoms with Gasteiger partial charge in [0.15, 0.2) is 0 Å². The van der Waals surface area contributed by atoms with E-state index in [1.54, 1.807) is 6.07 Å². The molecule has 0 spiro atoms.